The Labute approximate surface area is 144 Å². The summed E-state index contributed by atoms with van der Waals surface area (Å²) >= 11 is 3.48. The Morgan fingerprint density at radius 1 is 1.35 bits per heavy atom. The molecule has 1 aliphatic heterocycles. The summed E-state index contributed by atoms with van der Waals surface area (Å²) in [6.45, 7) is 7.41. The minimum atomic E-state index is -0.474. The Hall–Kier alpha value is -1.82. The molecule has 2 aromatic rings. The van der Waals surface area contributed by atoms with E-state index in [2.05, 4.69) is 33.2 Å². The fraction of sp³-hybridized carbons (Fsp3) is 0.412. The molecule has 0 radical (unpaired) electrons. The number of carbonyl (C=O) groups excluding carboxylic acids is 1. The van der Waals surface area contributed by atoms with Crippen LogP contribution in [-0.4, -0.2) is 26.4 Å². The summed E-state index contributed by atoms with van der Waals surface area (Å²) < 4.78 is 8.40. The van der Waals surface area contributed by atoms with Crippen LogP contribution in [0.3, 0.4) is 0 Å². The number of fused-ring (bicyclic) bond motifs is 1. The predicted octanol–water partition coefficient (Wildman–Crippen LogP) is 3.94. The van der Waals surface area contributed by atoms with Gasteiger partial charge in [0.25, 0.3) is 0 Å². The molecule has 1 amide bonds. The van der Waals surface area contributed by atoms with Gasteiger partial charge in [-0.2, -0.15) is 5.10 Å². The van der Waals surface area contributed by atoms with E-state index in [1.54, 1.807) is 4.90 Å². The molecule has 3 rings (SSSR count). The van der Waals surface area contributed by atoms with Crippen molar-refractivity contribution in [1.29, 1.82) is 0 Å². The van der Waals surface area contributed by atoms with Gasteiger partial charge in [-0.05, 0) is 38.5 Å². The van der Waals surface area contributed by atoms with E-state index in [0.29, 0.717) is 13.1 Å². The molecule has 23 heavy (non-hydrogen) atoms. The molecule has 0 saturated carbocycles. The highest BCUT2D eigenvalue weighted by atomic mass is 79.9. The van der Waals surface area contributed by atoms with Gasteiger partial charge >= 0.3 is 6.09 Å². The van der Waals surface area contributed by atoms with E-state index in [-0.39, 0.29) is 6.09 Å². The van der Waals surface area contributed by atoms with Crippen LogP contribution in [-0.2, 0) is 24.4 Å². The second-order valence-electron chi connectivity index (χ2n) is 6.76. The number of rotatable bonds is 2. The Balaban J connectivity index is 1.65. The summed E-state index contributed by atoms with van der Waals surface area (Å²) in [6, 6.07) is 8.18. The first-order chi connectivity index (χ1) is 10.8. The van der Waals surface area contributed by atoms with Gasteiger partial charge in [-0.25, -0.2) is 4.79 Å². The van der Waals surface area contributed by atoms with Crippen LogP contribution in [0.1, 0.15) is 37.6 Å². The second-order valence-corrected chi connectivity index (χ2v) is 7.68. The maximum Gasteiger partial charge on any atom is 0.410 e. The van der Waals surface area contributed by atoms with Gasteiger partial charge in [-0.1, -0.05) is 28.1 Å². The summed E-state index contributed by atoms with van der Waals surface area (Å²) in [6.07, 6.45) is 1.73. The number of hydrogen-bond donors (Lipinski definition) is 0. The zero-order valence-electron chi connectivity index (χ0n) is 13.5. The van der Waals surface area contributed by atoms with Crippen molar-refractivity contribution >= 4 is 22.0 Å². The van der Waals surface area contributed by atoms with Crippen molar-refractivity contribution in [2.24, 2.45) is 0 Å². The van der Waals surface area contributed by atoms with Crippen LogP contribution in [0.5, 0.6) is 0 Å². The van der Waals surface area contributed by atoms with Crippen molar-refractivity contribution in [2.75, 3.05) is 0 Å². The smallest absolute Gasteiger partial charge is 0.410 e. The third-order valence-electron chi connectivity index (χ3n) is 3.51. The molecular weight excluding hydrogens is 358 g/mol. The van der Waals surface area contributed by atoms with Crippen LogP contribution < -0.4 is 0 Å². The molecule has 1 aliphatic rings. The topological polar surface area (TPSA) is 47.4 Å². The normalized spacial score (nSPS) is 14.0. The van der Waals surface area contributed by atoms with Crippen LogP contribution in [0.25, 0.3) is 0 Å². The molecule has 5 nitrogen and oxygen atoms in total. The highest BCUT2D eigenvalue weighted by Crippen LogP contribution is 2.24. The molecule has 0 spiro atoms. The largest absolute Gasteiger partial charge is 0.444 e. The third-order valence-corrected chi connectivity index (χ3v) is 4.01. The van der Waals surface area contributed by atoms with E-state index >= 15 is 0 Å². The molecule has 0 fully saturated rings. The first kappa shape index (κ1) is 16.1. The zero-order valence-corrected chi connectivity index (χ0v) is 15.1. The van der Waals surface area contributed by atoms with Gasteiger partial charge in [0.15, 0.2) is 0 Å². The van der Waals surface area contributed by atoms with Gasteiger partial charge in [0.2, 0.25) is 0 Å². The minimum absolute atomic E-state index is 0.283. The molecule has 0 atom stereocenters. The molecule has 0 aliphatic carbocycles. The number of hydrogen-bond acceptors (Lipinski definition) is 3. The summed E-state index contributed by atoms with van der Waals surface area (Å²) in [5, 5.41) is 4.60. The van der Waals surface area contributed by atoms with E-state index in [4.69, 9.17) is 4.74 Å². The van der Waals surface area contributed by atoms with Gasteiger partial charge in [0.05, 0.1) is 25.3 Å². The monoisotopic (exact) mass is 377 g/mol. The SMILES string of the molecule is CC(C)(C)OC(=O)N1Cc2cn(Cc3cccc(Br)c3)nc2C1. The van der Waals surface area contributed by atoms with Crippen LogP contribution in [0, 0.1) is 0 Å². The first-order valence-corrected chi connectivity index (χ1v) is 8.37. The molecular formula is C17H20BrN3O2. The maximum absolute atomic E-state index is 12.1. The number of halogens is 1. The van der Waals surface area contributed by atoms with E-state index in [0.717, 1.165) is 22.3 Å². The number of amides is 1. The van der Waals surface area contributed by atoms with Gasteiger partial charge in [0.1, 0.15) is 5.60 Å². The number of aromatic nitrogens is 2. The summed E-state index contributed by atoms with van der Waals surface area (Å²) in [7, 11) is 0. The van der Waals surface area contributed by atoms with Gasteiger partial charge < -0.3 is 4.74 Å². The highest BCUT2D eigenvalue weighted by molar-refractivity contribution is 9.10. The van der Waals surface area contributed by atoms with Crippen molar-refractivity contribution in [2.45, 2.75) is 46.0 Å². The van der Waals surface area contributed by atoms with Crippen molar-refractivity contribution < 1.29 is 9.53 Å². The molecule has 0 N–H and O–H groups in total. The summed E-state index contributed by atoms with van der Waals surface area (Å²) in [4.78, 5) is 13.8. The minimum Gasteiger partial charge on any atom is -0.444 e. The van der Waals surface area contributed by atoms with E-state index in [1.807, 2.05) is 43.8 Å². The van der Waals surface area contributed by atoms with E-state index in [1.165, 1.54) is 5.56 Å². The fourth-order valence-electron chi connectivity index (χ4n) is 2.57. The average molecular weight is 378 g/mol. The average Bonchev–Trinajstić information content (AvgIpc) is 2.94. The van der Waals surface area contributed by atoms with Crippen LogP contribution in [0.15, 0.2) is 34.9 Å². The molecule has 0 saturated heterocycles. The molecule has 0 bridgehead atoms. The van der Waals surface area contributed by atoms with E-state index in [9.17, 15) is 4.79 Å². The molecule has 122 valence electrons. The Bertz CT molecular complexity index is 710. The standard InChI is InChI=1S/C17H20BrN3O2/c1-17(2,3)23-16(22)20-9-13-10-21(19-15(13)11-20)8-12-5-4-6-14(18)7-12/h4-7,10H,8-9,11H2,1-3H3. The lowest BCUT2D eigenvalue weighted by atomic mass is 10.2. The van der Waals surface area contributed by atoms with Crippen molar-refractivity contribution in [3.8, 4) is 0 Å². The molecule has 1 aromatic carbocycles. The lowest BCUT2D eigenvalue weighted by Crippen LogP contribution is -2.33. The Kier molecular flexibility index (Phi) is 4.19. The number of carbonyl (C=O) groups is 1. The van der Waals surface area contributed by atoms with Crippen LogP contribution in [0.4, 0.5) is 4.79 Å². The lowest BCUT2D eigenvalue weighted by molar-refractivity contribution is 0.0239. The van der Waals surface area contributed by atoms with Gasteiger partial charge in [-0.15, -0.1) is 0 Å². The highest BCUT2D eigenvalue weighted by Gasteiger charge is 2.29. The Morgan fingerprint density at radius 2 is 2.13 bits per heavy atom. The number of benzene rings is 1. The quantitative estimate of drug-likeness (QED) is 0.795. The zero-order chi connectivity index (χ0) is 16.6. The fourth-order valence-corrected chi connectivity index (χ4v) is 3.02. The van der Waals surface area contributed by atoms with Crippen molar-refractivity contribution in [3.05, 3.63) is 51.8 Å². The lowest BCUT2D eigenvalue weighted by Gasteiger charge is -2.24. The van der Waals surface area contributed by atoms with Gasteiger partial charge in [0, 0.05) is 16.2 Å². The predicted molar refractivity (Wildman–Crippen MR) is 91.0 cm³/mol. The Morgan fingerprint density at radius 3 is 2.78 bits per heavy atom. The second kappa shape index (κ2) is 6.00. The van der Waals surface area contributed by atoms with E-state index < -0.39 is 5.60 Å². The number of nitrogens with zero attached hydrogens (tertiary/aromatic N) is 3. The van der Waals surface area contributed by atoms with Crippen LogP contribution in [0.2, 0.25) is 0 Å². The molecule has 1 aromatic heterocycles. The summed E-state index contributed by atoms with van der Waals surface area (Å²) in [5.41, 5.74) is 2.75. The summed E-state index contributed by atoms with van der Waals surface area (Å²) in [5.74, 6) is 0. The molecule has 6 heteroatoms. The van der Waals surface area contributed by atoms with Crippen molar-refractivity contribution in [3.63, 3.8) is 0 Å². The molecule has 0 unspecified atom stereocenters. The van der Waals surface area contributed by atoms with Gasteiger partial charge in [-0.3, -0.25) is 9.58 Å². The number of ether oxygens (including phenoxy) is 1. The first-order valence-electron chi connectivity index (χ1n) is 7.58. The maximum atomic E-state index is 12.1. The van der Waals surface area contributed by atoms with Crippen LogP contribution >= 0.6 is 15.9 Å². The molecule has 2 heterocycles. The van der Waals surface area contributed by atoms with Crippen molar-refractivity contribution in [1.82, 2.24) is 14.7 Å². The third kappa shape index (κ3) is 3.93.